The van der Waals surface area contributed by atoms with Crippen molar-refractivity contribution in [3.8, 4) is 28.7 Å². The van der Waals surface area contributed by atoms with Crippen molar-refractivity contribution in [2.24, 2.45) is 4.99 Å². The predicted molar refractivity (Wildman–Crippen MR) is 97.4 cm³/mol. The van der Waals surface area contributed by atoms with Gasteiger partial charge in [-0.2, -0.15) is 0 Å². The lowest BCUT2D eigenvalue weighted by atomic mass is 10.1. The lowest BCUT2D eigenvalue weighted by Crippen LogP contribution is -2.05. The maximum absolute atomic E-state index is 12.3. The van der Waals surface area contributed by atoms with Crippen LogP contribution in [-0.4, -0.2) is 50.1 Å². The van der Waals surface area contributed by atoms with Crippen molar-refractivity contribution in [3.63, 3.8) is 0 Å². The molecule has 0 aliphatic rings. The van der Waals surface area contributed by atoms with Crippen molar-refractivity contribution in [3.05, 3.63) is 41.0 Å². The molecule has 0 fully saturated rings. The summed E-state index contributed by atoms with van der Waals surface area (Å²) in [6.45, 7) is 1.77. The van der Waals surface area contributed by atoms with Crippen LogP contribution in [0.2, 0.25) is 0 Å². The third-order valence-electron chi connectivity index (χ3n) is 3.71. The number of methoxy groups -OCH3 is 3. The molecule has 0 saturated carbocycles. The molecule has 2 rings (SSSR count). The molecular formula is C19H21NO6. The number of aryl methyl sites for hydroxylation is 1. The summed E-state index contributed by atoms with van der Waals surface area (Å²) in [4.78, 5) is 16.4. The maximum Gasteiger partial charge on any atom is 0.200 e. The highest BCUT2D eigenvalue weighted by atomic mass is 16.5. The highest BCUT2D eigenvalue weighted by Crippen LogP contribution is 2.36. The van der Waals surface area contributed by atoms with Gasteiger partial charge in [0.05, 0.1) is 21.3 Å². The summed E-state index contributed by atoms with van der Waals surface area (Å²) in [6, 6.07) is 6.23. The molecule has 138 valence electrons. The van der Waals surface area contributed by atoms with Crippen molar-refractivity contribution in [1.29, 1.82) is 0 Å². The van der Waals surface area contributed by atoms with E-state index < -0.39 is 11.5 Å². The molecule has 2 N–H and O–H groups in total. The highest BCUT2D eigenvalue weighted by molar-refractivity contribution is 6.00. The van der Waals surface area contributed by atoms with E-state index in [9.17, 15) is 15.0 Å². The number of nitrogens with zero attached hydrogens (tertiary/aromatic N) is 1. The second-order valence-corrected chi connectivity index (χ2v) is 5.53. The van der Waals surface area contributed by atoms with Gasteiger partial charge in [0.25, 0.3) is 0 Å². The van der Waals surface area contributed by atoms with Crippen LogP contribution in [0.5, 0.6) is 28.7 Å². The summed E-state index contributed by atoms with van der Waals surface area (Å²) < 4.78 is 15.6. The Labute approximate surface area is 151 Å². The quantitative estimate of drug-likeness (QED) is 0.448. The molecule has 0 atom stereocenters. The second-order valence-electron chi connectivity index (χ2n) is 5.53. The zero-order valence-electron chi connectivity index (χ0n) is 15.1. The molecule has 2 aromatic rings. The zero-order chi connectivity index (χ0) is 19.3. The SMILES string of the molecule is COc1cc(C(=O)CN=Cc2cc(C)cc(OC)c2OC)cc(O)c1O. The van der Waals surface area contributed by atoms with Gasteiger partial charge >= 0.3 is 0 Å². The minimum atomic E-state index is -0.429. The van der Waals surface area contributed by atoms with Gasteiger partial charge in [0.1, 0.15) is 6.54 Å². The van der Waals surface area contributed by atoms with Crippen LogP contribution in [0.1, 0.15) is 21.5 Å². The van der Waals surface area contributed by atoms with Gasteiger partial charge in [0.15, 0.2) is 28.8 Å². The number of ether oxygens (including phenoxy) is 3. The first-order chi connectivity index (χ1) is 12.4. The van der Waals surface area contributed by atoms with E-state index in [1.54, 1.807) is 7.11 Å². The van der Waals surface area contributed by atoms with Crippen LogP contribution >= 0.6 is 0 Å². The Morgan fingerprint density at radius 2 is 1.73 bits per heavy atom. The minimum absolute atomic E-state index is 0.0161. The fraction of sp³-hybridized carbons (Fsp3) is 0.263. The van der Waals surface area contributed by atoms with E-state index in [4.69, 9.17) is 14.2 Å². The van der Waals surface area contributed by atoms with Crippen LogP contribution in [0.25, 0.3) is 0 Å². The Bertz CT molecular complexity index is 844. The molecule has 26 heavy (non-hydrogen) atoms. The van der Waals surface area contributed by atoms with Gasteiger partial charge in [-0.15, -0.1) is 0 Å². The largest absolute Gasteiger partial charge is 0.504 e. The molecule has 0 aliphatic carbocycles. The topological polar surface area (TPSA) is 97.6 Å². The zero-order valence-corrected chi connectivity index (χ0v) is 15.1. The minimum Gasteiger partial charge on any atom is -0.504 e. The van der Waals surface area contributed by atoms with Gasteiger partial charge in [0, 0.05) is 17.3 Å². The van der Waals surface area contributed by atoms with Crippen LogP contribution in [0, 0.1) is 6.92 Å². The molecule has 0 unspecified atom stereocenters. The first-order valence-corrected chi connectivity index (χ1v) is 7.76. The number of carbonyl (C=O) groups is 1. The van der Waals surface area contributed by atoms with Gasteiger partial charge in [-0.1, -0.05) is 0 Å². The average molecular weight is 359 g/mol. The van der Waals surface area contributed by atoms with E-state index in [0.717, 1.165) is 5.56 Å². The number of benzene rings is 2. The molecule has 0 spiro atoms. The van der Waals surface area contributed by atoms with Crippen LogP contribution in [0.4, 0.5) is 0 Å². The Morgan fingerprint density at radius 3 is 2.35 bits per heavy atom. The van der Waals surface area contributed by atoms with Crippen LogP contribution in [0.15, 0.2) is 29.3 Å². The lowest BCUT2D eigenvalue weighted by molar-refractivity contribution is 0.100. The number of carbonyl (C=O) groups excluding carboxylic acids is 1. The first kappa shape index (κ1) is 19.1. The smallest absolute Gasteiger partial charge is 0.200 e. The number of ketones is 1. The number of Topliss-reactive ketones (excluding diaryl/α,β-unsaturated/α-hetero) is 1. The van der Waals surface area contributed by atoms with Crippen molar-refractivity contribution in [2.75, 3.05) is 27.9 Å². The van der Waals surface area contributed by atoms with Crippen molar-refractivity contribution >= 4 is 12.0 Å². The maximum atomic E-state index is 12.3. The number of hydrogen-bond acceptors (Lipinski definition) is 7. The normalized spacial score (nSPS) is 10.8. The van der Waals surface area contributed by atoms with Gasteiger partial charge in [-0.05, 0) is 36.8 Å². The fourth-order valence-electron chi connectivity index (χ4n) is 2.46. The molecule has 7 heteroatoms. The van der Waals surface area contributed by atoms with Gasteiger partial charge in [-0.3, -0.25) is 9.79 Å². The molecule has 7 nitrogen and oxygen atoms in total. The number of phenolic OH excluding ortho intramolecular Hbond substituents is 2. The summed E-state index contributed by atoms with van der Waals surface area (Å²) >= 11 is 0. The van der Waals surface area contributed by atoms with Crippen molar-refractivity contribution in [2.45, 2.75) is 6.92 Å². The monoisotopic (exact) mass is 359 g/mol. The lowest BCUT2D eigenvalue weighted by Gasteiger charge is -2.11. The van der Waals surface area contributed by atoms with Crippen LogP contribution in [0.3, 0.4) is 0 Å². The number of rotatable bonds is 7. The summed E-state index contributed by atoms with van der Waals surface area (Å²) in [7, 11) is 4.41. The molecular weight excluding hydrogens is 338 g/mol. The van der Waals surface area contributed by atoms with E-state index in [0.29, 0.717) is 17.1 Å². The summed E-state index contributed by atoms with van der Waals surface area (Å²) in [5.74, 6) is -0.0616. The number of phenols is 2. The van der Waals surface area contributed by atoms with Gasteiger partial charge < -0.3 is 24.4 Å². The highest BCUT2D eigenvalue weighted by Gasteiger charge is 2.14. The van der Waals surface area contributed by atoms with E-state index in [1.807, 2.05) is 19.1 Å². The standard InChI is InChI=1S/C19H21NO6/c1-11-5-13(19(26-4)17(6-11)25-3)9-20-10-15(22)12-7-14(21)18(23)16(8-12)24-2/h5-9,21,23H,10H2,1-4H3. The van der Waals surface area contributed by atoms with E-state index in [-0.39, 0.29) is 23.6 Å². The Kier molecular flexibility index (Phi) is 6.06. The molecule has 0 saturated heterocycles. The van der Waals surface area contributed by atoms with E-state index in [1.165, 1.54) is 32.6 Å². The average Bonchev–Trinajstić information content (AvgIpc) is 2.63. The molecule has 0 aliphatic heterocycles. The molecule has 0 amide bonds. The first-order valence-electron chi connectivity index (χ1n) is 7.76. The van der Waals surface area contributed by atoms with E-state index in [2.05, 4.69) is 4.99 Å². The van der Waals surface area contributed by atoms with Crippen LogP contribution in [-0.2, 0) is 0 Å². The summed E-state index contributed by atoms with van der Waals surface area (Å²) in [5, 5.41) is 19.3. The molecule has 0 bridgehead atoms. The van der Waals surface area contributed by atoms with Crippen molar-refractivity contribution in [1.82, 2.24) is 0 Å². The number of hydrogen-bond donors (Lipinski definition) is 2. The Hall–Kier alpha value is -3.22. The second kappa shape index (κ2) is 8.24. The van der Waals surface area contributed by atoms with Gasteiger partial charge in [0.2, 0.25) is 5.75 Å². The molecule has 0 aromatic heterocycles. The Morgan fingerprint density at radius 1 is 1.04 bits per heavy atom. The molecule has 2 aromatic carbocycles. The third-order valence-corrected chi connectivity index (χ3v) is 3.71. The molecule has 0 radical (unpaired) electrons. The fourth-order valence-corrected chi connectivity index (χ4v) is 2.46. The number of aromatic hydroxyl groups is 2. The summed E-state index contributed by atoms with van der Waals surface area (Å²) in [6.07, 6.45) is 1.53. The van der Waals surface area contributed by atoms with Crippen molar-refractivity contribution < 1.29 is 29.2 Å². The van der Waals surface area contributed by atoms with E-state index >= 15 is 0 Å². The predicted octanol–water partition coefficient (Wildman–Crippen LogP) is 2.73. The number of aliphatic imine (C=N–C) groups is 1. The molecule has 0 heterocycles. The third kappa shape index (κ3) is 4.05. The van der Waals surface area contributed by atoms with Gasteiger partial charge in [-0.25, -0.2) is 0 Å². The summed E-state index contributed by atoms with van der Waals surface area (Å²) in [5.41, 5.74) is 1.83. The Balaban J connectivity index is 2.22. The van der Waals surface area contributed by atoms with Crippen LogP contribution < -0.4 is 14.2 Å².